The van der Waals surface area contributed by atoms with Crippen molar-refractivity contribution in [1.29, 1.82) is 0 Å². The summed E-state index contributed by atoms with van der Waals surface area (Å²) in [6.45, 7) is 2.60. The van der Waals surface area contributed by atoms with Gasteiger partial charge in [-0.3, -0.25) is 4.79 Å². The van der Waals surface area contributed by atoms with Crippen molar-refractivity contribution in [3.05, 3.63) is 82.2 Å². The van der Waals surface area contributed by atoms with Crippen LogP contribution in [-0.4, -0.2) is 25.9 Å². The van der Waals surface area contributed by atoms with Crippen molar-refractivity contribution in [2.45, 2.75) is 31.2 Å². The van der Waals surface area contributed by atoms with E-state index in [2.05, 4.69) is 15.0 Å². The summed E-state index contributed by atoms with van der Waals surface area (Å²) in [5.74, 6) is -0.335. The molecule has 4 rings (SSSR count). The number of pyridine rings is 1. The van der Waals surface area contributed by atoms with Gasteiger partial charge in [0.15, 0.2) is 0 Å². The van der Waals surface area contributed by atoms with Crippen LogP contribution in [-0.2, 0) is 16.6 Å². The number of benzene rings is 2. The molecule has 1 amide bonds. The Morgan fingerprint density at radius 3 is 2.65 bits per heavy atom. The molecule has 0 radical (unpaired) electrons. The summed E-state index contributed by atoms with van der Waals surface area (Å²) in [5.41, 5.74) is 2.34. The van der Waals surface area contributed by atoms with Gasteiger partial charge in [-0.05, 0) is 53.8 Å². The Morgan fingerprint density at radius 2 is 1.91 bits per heavy atom. The lowest BCUT2D eigenvalue weighted by Gasteiger charge is -2.12. The Labute approximate surface area is 208 Å². The van der Waals surface area contributed by atoms with Gasteiger partial charge < -0.3 is 5.32 Å². The standard InChI is InChI=1S/C25H24ClN3O3S2/c1-2-3-12-28-34(31,32)18-10-11-22-19(14-18)20(15-23(29-22)24-9-6-13-33-24)25(30)27-16-17-7-4-5-8-21(17)26/h4-11,13-15,28H,2-3,12,16H2,1H3,(H,27,30). The number of nitrogens with one attached hydrogen (secondary N) is 2. The summed E-state index contributed by atoms with van der Waals surface area (Å²) in [4.78, 5) is 19.0. The van der Waals surface area contributed by atoms with E-state index in [1.807, 2.05) is 42.6 Å². The highest BCUT2D eigenvalue weighted by molar-refractivity contribution is 7.89. The molecule has 2 heterocycles. The van der Waals surface area contributed by atoms with Crippen LogP contribution in [0.5, 0.6) is 0 Å². The number of unbranched alkanes of at least 4 members (excludes halogenated alkanes) is 1. The number of hydrogen-bond acceptors (Lipinski definition) is 5. The highest BCUT2D eigenvalue weighted by atomic mass is 35.5. The SMILES string of the molecule is CCCCNS(=O)(=O)c1ccc2nc(-c3cccs3)cc(C(=O)NCc3ccccc3Cl)c2c1. The normalized spacial score (nSPS) is 11.6. The summed E-state index contributed by atoms with van der Waals surface area (Å²) in [5, 5.41) is 5.88. The van der Waals surface area contributed by atoms with E-state index >= 15 is 0 Å². The van der Waals surface area contributed by atoms with Crippen LogP contribution in [0.1, 0.15) is 35.7 Å². The molecule has 0 aliphatic rings. The molecule has 0 saturated carbocycles. The zero-order valence-corrected chi connectivity index (χ0v) is 20.9. The second kappa shape index (κ2) is 10.7. The average molecular weight is 514 g/mol. The maximum atomic E-state index is 13.3. The van der Waals surface area contributed by atoms with Crippen molar-refractivity contribution in [3.8, 4) is 10.6 Å². The number of rotatable bonds is 9. The Bertz CT molecular complexity index is 1420. The molecule has 0 atom stereocenters. The Morgan fingerprint density at radius 1 is 1.09 bits per heavy atom. The number of fused-ring (bicyclic) bond motifs is 1. The zero-order chi connectivity index (χ0) is 24.1. The van der Waals surface area contributed by atoms with Crippen molar-refractivity contribution in [3.63, 3.8) is 0 Å². The third-order valence-electron chi connectivity index (χ3n) is 5.33. The number of thiophene rings is 1. The number of amides is 1. The molecule has 0 spiro atoms. The summed E-state index contributed by atoms with van der Waals surface area (Å²) >= 11 is 7.75. The fraction of sp³-hybridized carbons (Fsp3) is 0.200. The molecule has 0 aliphatic carbocycles. The van der Waals surface area contributed by atoms with Crippen LogP contribution in [0.3, 0.4) is 0 Å². The summed E-state index contributed by atoms with van der Waals surface area (Å²) in [7, 11) is -3.71. The van der Waals surface area contributed by atoms with Gasteiger partial charge in [-0.1, -0.05) is 49.2 Å². The molecule has 6 nitrogen and oxygen atoms in total. The van der Waals surface area contributed by atoms with Gasteiger partial charge in [0.2, 0.25) is 10.0 Å². The second-order valence-electron chi connectivity index (χ2n) is 7.74. The molecule has 2 aromatic heterocycles. The van der Waals surface area contributed by atoms with Crippen molar-refractivity contribution in [1.82, 2.24) is 15.0 Å². The van der Waals surface area contributed by atoms with Gasteiger partial charge in [0.25, 0.3) is 5.91 Å². The monoisotopic (exact) mass is 513 g/mol. The largest absolute Gasteiger partial charge is 0.348 e. The number of carbonyl (C=O) groups is 1. The topological polar surface area (TPSA) is 88.2 Å². The van der Waals surface area contributed by atoms with Gasteiger partial charge in [0, 0.05) is 23.5 Å². The van der Waals surface area contributed by atoms with E-state index in [0.29, 0.717) is 33.7 Å². The first-order chi connectivity index (χ1) is 16.4. The minimum absolute atomic E-state index is 0.0990. The average Bonchev–Trinajstić information content (AvgIpc) is 3.37. The number of nitrogens with zero attached hydrogens (tertiary/aromatic N) is 1. The van der Waals surface area contributed by atoms with Crippen LogP contribution in [0.2, 0.25) is 5.02 Å². The van der Waals surface area contributed by atoms with E-state index in [4.69, 9.17) is 11.6 Å². The number of aromatic nitrogens is 1. The fourth-order valence-corrected chi connectivity index (χ4v) is 5.48. The van der Waals surface area contributed by atoms with E-state index in [-0.39, 0.29) is 17.3 Å². The lowest BCUT2D eigenvalue weighted by atomic mass is 10.1. The number of carbonyl (C=O) groups excluding carboxylic acids is 1. The first kappa shape index (κ1) is 24.3. The molecule has 2 N–H and O–H groups in total. The van der Waals surface area contributed by atoms with Gasteiger partial charge >= 0.3 is 0 Å². The van der Waals surface area contributed by atoms with Crippen molar-refractivity contribution in [2.75, 3.05) is 6.54 Å². The van der Waals surface area contributed by atoms with E-state index < -0.39 is 10.0 Å². The second-order valence-corrected chi connectivity index (χ2v) is 10.9. The molecule has 9 heteroatoms. The molecular formula is C25H24ClN3O3S2. The van der Waals surface area contributed by atoms with Crippen LogP contribution in [0.15, 0.2) is 70.9 Å². The maximum absolute atomic E-state index is 13.3. The highest BCUT2D eigenvalue weighted by Gasteiger charge is 2.19. The van der Waals surface area contributed by atoms with Crippen LogP contribution < -0.4 is 10.0 Å². The van der Waals surface area contributed by atoms with E-state index in [9.17, 15) is 13.2 Å². The molecule has 4 aromatic rings. The molecule has 2 aromatic carbocycles. The highest BCUT2D eigenvalue weighted by Crippen LogP contribution is 2.29. The number of sulfonamides is 1. The van der Waals surface area contributed by atoms with Crippen LogP contribution in [0.4, 0.5) is 0 Å². The van der Waals surface area contributed by atoms with E-state index in [1.54, 1.807) is 18.2 Å². The van der Waals surface area contributed by atoms with Gasteiger partial charge in [-0.25, -0.2) is 18.1 Å². The molecule has 176 valence electrons. The lowest BCUT2D eigenvalue weighted by Crippen LogP contribution is -2.25. The molecule has 0 saturated heterocycles. The van der Waals surface area contributed by atoms with E-state index in [0.717, 1.165) is 23.3 Å². The van der Waals surface area contributed by atoms with Crippen LogP contribution in [0.25, 0.3) is 21.5 Å². The van der Waals surface area contributed by atoms with Gasteiger partial charge in [-0.15, -0.1) is 11.3 Å². The van der Waals surface area contributed by atoms with E-state index in [1.165, 1.54) is 23.5 Å². The van der Waals surface area contributed by atoms with Crippen molar-refractivity contribution in [2.24, 2.45) is 0 Å². The lowest BCUT2D eigenvalue weighted by molar-refractivity contribution is 0.0952. The third kappa shape index (κ3) is 5.47. The summed E-state index contributed by atoms with van der Waals surface area (Å²) in [6.07, 6.45) is 1.62. The fourth-order valence-electron chi connectivity index (χ4n) is 3.49. The molecule has 0 bridgehead atoms. The minimum Gasteiger partial charge on any atom is -0.348 e. The van der Waals surface area contributed by atoms with Gasteiger partial charge in [-0.2, -0.15) is 0 Å². The Balaban J connectivity index is 1.74. The number of halogens is 1. The first-order valence-corrected chi connectivity index (χ1v) is 13.6. The van der Waals surface area contributed by atoms with Crippen molar-refractivity contribution >= 4 is 49.8 Å². The van der Waals surface area contributed by atoms with Crippen LogP contribution in [0, 0.1) is 0 Å². The minimum atomic E-state index is -3.71. The molecule has 34 heavy (non-hydrogen) atoms. The Kier molecular flexibility index (Phi) is 7.63. The molecule has 0 aliphatic heterocycles. The molecule has 0 unspecified atom stereocenters. The smallest absolute Gasteiger partial charge is 0.252 e. The third-order valence-corrected chi connectivity index (χ3v) is 8.05. The first-order valence-electron chi connectivity index (χ1n) is 10.9. The maximum Gasteiger partial charge on any atom is 0.252 e. The van der Waals surface area contributed by atoms with Crippen molar-refractivity contribution < 1.29 is 13.2 Å². The van der Waals surface area contributed by atoms with Gasteiger partial charge in [0.05, 0.1) is 26.5 Å². The van der Waals surface area contributed by atoms with Gasteiger partial charge in [0.1, 0.15) is 0 Å². The summed E-state index contributed by atoms with van der Waals surface area (Å²) < 4.78 is 28.2. The predicted molar refractivity (Wildman–Crippen MR) is 138 cm³/mol. The predicted octanol–water partition coefficient (Wildman–Crippen LogP) is 5.63. The molecular weight excluding hydrogens is 490 g/mol. The van der Waals surface area contributed by atoms with Crippen LogP contribution >= 0.6 is 22.9 Å². The Hall–Kier alpha value is -2.78. The molecule has 0 fully saturated rings. The zero-order valence-electron chi connectivity index (χ0n) is 18.5. The number of hydrogen-bond donors (Lipinski definition) is 2. The summed E-state index contributed by atoms with van der Waals surface area (Å²) in [6, 6.07) is 17.5. The quantitative estimate of drug-likeness (QED) is 0.284.